The highest BCUT2D eigenvalue weighted by Gasteiger charge is 2.34. The molecule has 2 aliphatic rings. The molecule has 2 atom stereocenters. The van der Waals surface area contributed by atoms with Crippen LogP contribution in [0, 0.1) is 5.92 Å². The number of hydrogen-bond acceptors (Lipinski definition) is 3. The number of imidazole rings is 1. The van der Waals surface area contributed by atoms with Gasteiger partial charge in [-0.15, -0.1) is 0 Å². The minimum Gasteiger partial charge on any atom is -0.331 e. The lowest BCUT2D eigenvalue weighted by molar-refractivity contribution is 0.404. The number of rotatable bonds is 1. The van der Waals surface area contributed by atoms with Crippen LogP contribution in [-0.4, -0.2) is 23.7 Å². The third kappa shape index (κ3) is 1.98. The van der Waals surface area contributed by atoms with Crippen LogP contribution in [0.25, 0.3) is 0 Å². The molecule has 3 rings (SSSR count). The highest BCUT2D eigenvalue weighted by Crippen LogP contribution is 2.34. The lowest BCUT2D eigenvalue weighted by Crippen LogP contribution is -2.26. The van der Waals surface area contributed by atoms with Crippen LogP contribution in [0.2, 0.25) is 0 Å². The first-order chi connectivity index (χ1) is 8.58. The first-order valence-electron chi connectivity index (χ1n) is 6.84. The maximum absolute atomic E-state index is 12.2. The van der Waals surface area contributed by atoms with Gasteiger partial charge in [0.25, 0.3) is 0 Å². The van der Waals surface area contributed by atoms with E-state index in [9.17, 15) is 8.42 Å². The SMILES string of the molecule is CC1CCn2c(cnc2C2CCCCS2(=O)=O)C1. The molecule has 1 aromatic rings. The van der Waals surface area contributed by atoms with Crippen LogP contribution in [-0.2, 0) is 22.8 Å². The maximum atomic E-state index is 12.2. The monoisotopic (exact) mass is 268 g/mol. The van der Waals surface area contributed by atoms with Gasteiger partial charge in [-0.25, -0.2) is 13.4 Å². The first kappa shape index (κ1) is 12.2. The second-order valence-electron chi connectivity index (χ2n) is 5.71. The maximum Gasteiger partial charge on any atom is 0.160 e. The van der Waals surface area contributed by atoms with E-state index in [2.05, 4.69) is 16.5 Å². The van der Waals surface area contributed by atoms with Crippen molar-refractivity contribution in [3.8, 4) is 0 Å². The Labute approximate surface area is 108 Å². The number of fused-ring (bicyclic) bond motifs is 1. The molecule has 2 unspecified atom stereocenters. The molecular weight excluding hydrogens is 248 g/mol. The summed E-state index contributed by atoms with van der Waals surface area (Å²) in [6, 6.07) is 0. The van der Waals surface area contributed by atoms with Gasteiger partial charge in [0, 0.05) is 18.4 Å². The molecule has 2 aliphatic heterocycles. The summed E-state index contributed by atoms with van der Waals surface area (Å²) in [5.74, 6) is 1.82. The van der Waals surface area contributed by atoms with Gasteiger partial charge in [0.15, 0.2) is 9.84 Å². The van der Waals surface area contributed by atoms with Gasteiger partial charge in [0.2, 0.25) is 0 Å². The molecule has 1 aromatic heterocycles. The summed E-state index contributed by atoms with van der Waals surface area (Å²) in [5, 5.41) is -0.353. The van der Waals surface area contributed by atoms with Crippen molar-refractivity contribution in [2.24, 2.45) is 5.92 Å². The Morgan fingerprint density at radius 3 is 2.94 bits per heavy atom. The summed E-state index contributed by atoms with van der Waals surface area (Å²) in [5.41, 5.74) is 1.21. The number of aromatic nitrogens is 2. The molecule has 0 aliphatic carbocycles. The van der Waals surface area contributed by atoms with E-state index in [0.29, 0.717) is 11.7 Å². The Morgan fingerprint density at radius 1 is 1.33 bits per heavy atom. The quantitative estimate of drug-likeness (QED) is 0.784. The smallest absolute Gasteiger partial charge is 0.160 e. The molecule has 0 bridgehead atoms. The van der Waals surface area contributed by atoms with Crippen molar-refractivity contribution in [1.29, 1.82) is 0 Å². The third-order valence-corrected chi connectivity index (χ3v) is 6.41. The first-order valence-corrected chi connectivity index (χ1v) is 8.55. The van der Waals surface area contributed by atoms with Crippen molar-refractivity contribution in [3.05, 3.63) is 17.7 Å². The van der Waals surface area contributed by atoms with E-state index >= 15 is 0 Å². The molecule has 0 radical (unpaired) electrons. The zero-order chi connectivity index (χ0) is 12.8. The number of hydrogen-bond donors (Lipinski definition) is 0. The van der Waals surface area contributed by atoms with E-state index in [0.717, 1.165) is 44.5 Å². The van der Waals surface area contributed by atoms with E-state index in [1.165, 1.54) is 5.69 Å². The van der Waals surface area contributed by atoms with E-state index in [4.69, 9.17) is 0 Å². The summed E-state index contributed by atoms with van der Waals surface area (Å²) in [6.07, 6.45) is 6.60. The lowest BCUT2D eigenvalue weighted by atomic mass is 9.98. The van der Waals surface area contributed by atoms with Crippen molar-refractivity contribution in [1.82, 2.24) is 9.55 Å². The molecule has 0 aromatic carbocycles. The fraction of sp³-hybridized carbons (Fsp3) is 0.769. The summed E-state index contributed by atoms with van der Waals surface area (Å²) in [4.78, 5) is 4.44. The van der Waals surface area contributed by atoms with Gasteiger partial charge in [0.05, 0.1) is 5.75 Å². The predicted octanol–water partition coefficient (Wildman–Crippen LogP) is 2.11. The average Bonchev–Trinajstić information content (AvgIpc) is 2.71. The van der Waals surface area contributed by atoms with Crippen LogP contribution in [0.1, 0.15) is 49.4 Å². The molecule has 4 nitrogen and oxygen atoms in total. The van der Waals surface area contributed by atoms with Crippen molar-refractivity contribution >= 4 is 9.84 Å². The summed E-state index contributed by atoms with van der Waals surface area (Å²) in [6.45, 7) is 3.17. The third-order valence-electron chi connectivity index (χ3n) is 4.24. The number of nitrogens with zero attached hydrogens (tertiary/aromatic N) is 2. The van der Waals surface area contributed by atoms with Gasteiger partial charge >= 0.3 is 0 Å². The van der Waals surface area contributed by atoms with E-state index in [-0.39, 0.29) is 5.25 Å². The normalized spacial score (nSPS) is 30.9. The van der Waals surface area contributed by atoms with E-state index < -0.39 is 9.84 Å². The van der Waals surface area contributed by atoms with Crippen molar-refractivity contribution in [2.75, 3.05) is 5.75 Å². The fourth-order valence-electron chi connectivity index (χ4n) is 3.16. The average molecular weight is 268 g/mol. The van der Waals surface area contributed by atoms with Crippen LogP contribution in [0.3, 0.4) is 0 Å². The highest BCUT2D eigenvalue weighted by molar-refractivity contribution is 7.91. The van der Waals surface area contributed by atoms with Crippen LogP contribution in [0.4, 0.5) is 0 Å². The Bertz CT molecular complexity index is 547. The van der Waals surface area contributed by atoms with E-state index in [1.54, 1.807) is 0 Å². The summed E-state index contributed by atoms with van der Waals surface area (Å²) >= 11 is 0. The topological polar surface area (TPSA) is 52.0 Å². The Hall–Kier alpha value is -0.840. The van der Waals surface area contributed by atoms with Crippen LogP contribution < -0.4 is 0 Å². The fourth-order valence-corrected chi connectivity index (χ4v) is 5.08. The van der Waals surface area contributed by atoms with Gasteiger partial charge in [-0.2, -0.15) is 0 Å². The molecule has 1 saturated heterocycles. The highest BCUT2D eigenvalue weighted by atomic mass is 32.2. The van der Waals surface area contributed by atoms with Gasteiger partial charge in [-0.05, 0) is 31.6 Å². The molecule has 5 heteroatoms. The standard InChI is InChI=1S/C13H20N2O2S/c1-10-5-6-15-11(8-10)9-14-13(15)12-4-2-3-7-18(12,16)17/h9-10,12H,2-8H2,1H3. The second-order valence-corrected chi connectivity index (χ2v) is 8.01. The molecular formula is C13H20N2O2S. The molecule has 3 heterocycles. The zero-order valence-corrected chi connectivity index (χ0v) is 11.6. The second kappa shape index (κ2) is 4.37. The van der Waals surface area contributed by atoms with Gasteiger partial charge in [-0.1, -0.05) is 13.3 Å². The predicted molar refractivity (Wildman–Crippen MR) is 70.1 cm³/mol. The largest absolute Gasteiger partial charge is 0.331 e. The Balaban J connectivity index is 1.98. The Morgan fingerprint density at radius 2 is 2.17 bits per heavy atom. The number of sulfone groups is 1. The molecule has 0 spiro atoms. The summed E-state index contributed by atoms with van der Waals surface area (Å²) in [7, 11) is -2.98. The lowest BCUT2D eigenvalue weighted by Gasteiger charge is -2.26. The van der Waals surface area contributed by atoms with Crippen LogP contribution in [0.15, 0.2) is 6.20 Å². The van der Waals surface area contributed by atoms with Crippen LogP contribution >= 0.6 is 0 Å². The minimum absolute atomic E-state index is 0.330. The van der Waals surface area contributed by atoms with E-state index in [1.807, 2.05) is 6.20 Å². The molecule has 1 fully saturated rings. The van der Waals surface area contributed by atoms with Crippen molar-refractivity contribution in [3.63, 3.8) is 0 Å². The minimum atomic E-state index is -2.98. The van der Waals surface area contributed by atoms with Gasteiger partial charge in [-0.3, -0.25) is 0 Å². The Kier molecular flexibility index (Phi) is 2.96. The molecule has 0 amide bonds. The molecule has 0 N–H and O–H groups in total. The van der Waals surface area contributed by atoms with Crippen molar-refractivity contribution < 1.29 is 8.42 Å². The zero-order valence-electron chi connectivity index (χ0n) is 10.8. The van der Waals surface area contributed by atoms with Crippen LogP contribution in [0.5, 0.6) is 0 Å². The summed E-state index contributed by atoms with van der Waals surface area (Å²) < 4.78 is 26.5. The van der Waals surface area contributed by atoms with Gasteiger partial charge in [0.1, 0.15) is 11.1 Å². The molecule has 0 saturated carbocycles. The molecule has 18 heavy (non-hydrogen) atoms. The molecule has 100 valence electrons. The van der Waals surface area contributed by atoms with Crippen molar-refractivity contribution in [2.45, 2.75) is 50.8 Å². The van der Waals surface area contributed by atoms with Gasteiger partial charge < -0.3 is 4.57 Å².